The molecular weight excluding hydrogens is 412 g/mol. The van der Waals surface area contributed by atoms with Crippen LogP contribution in [0.3, 0.4) is 0 Å². The number of hydrogen-bond acceptors (Lipinski definition) is 6. The minimum absolute atomic E-state index is 0.347. The third-order valence-corrected chi connectivity index (χ3v) is 6.58. The van der Waals surface area contributed by atoms with Crippen molar-refractivity contribution < 1.29 is 10.2 Å². The summed E-state index contributed by atoms with van der Waals surface area (Å²) in [6, 6.07) is 26.0. The summed E-state index contributed by atoms with van der Waals surface area (Å²) in [5.74, 6) is 0. The molecule has 6 heteroatoms. The van der Waals surface area contributed by atoms with Crippen LogP contribution >= 0.6 is 0 Å². The molecular formula is C27H28N4O2. The Kier molecular flexibility index (Phi) is 6.01. The van der Waals surface area contributed by atoms with Crippen LogP contribution in [0.25, 0.3) is 0 Å². The van der Waals surface area contributed by atoms with E-state index in [0.717, 1.165) is 36.4 Å². The van der Waals surface area contributed by atoms with Crippen LogP contribution in [-0.2, 0) is 19.5 Å². The minimum atomic E-state index is -0.866. The maximum atomic E-state index is 11.2. The number of β-amino-alcohol motifs (C(OH)–C–C–N with tert-alkyl or cyclic N) is 1. The number of hydrogen-bond donors (Lipinski definition) is 2. The molecule has 33 heavy (non-hydrogen) atoms. The van der Waals surface area contributed by atoms with Crippen molar-refractivity contribution in [3.63, 3.8) is 0 Å². The lowest BCUT2D eigenvalue weighted by molar-refractivity contribution is 0.0937. The van der Waals surface area contributed by atoms with Gasteiger partial charge in [-0.05, 0) is 47.4 Å². The molecule has 2 aliphatic heterocycles. The fraction of sp³-hybridized carbons (Fsp3) is 0.296. The molecule has 2 unspecified atom stereocenters. The van der Waals surface area contributed by atoms with Crippen LogP contribution in [0.1, 0.15) is 22.3 Å². The van der Waals surface area contributed by atoms with Gasteiger partial charge in [0.25, 0.3) is 0 Å². The zero-order valence-electron chi connectivity index (χ0n) is 18.5. The largest absolute Gasteiger partial charge is 0.390 e. The van der Waals surface area contributed by atoms with Gasteiger partial charge in [-0.25, -0.2) is 0 Å². The van der Waals surface area contributed by atoms with E-state index in [1.807, 2.05) is 46.2 Å². The molecule has 5 rings (SSSR count). The standard InChI is InChI=1S/C27H28N4O2/c28-15-20-9-11-21(12-10-20)16-30-25-7-3-4-8-26(25)31(27(30)33)19-24(32)18-29-14-13-22-5-1-2-6-23(22)17-29/h1-12,24,27,32-33H,13-14,16-19H2. The summed E-state index contributed by atoms with van der Waals surface area (Å²) < 4.78 is 0. The van der Waals surface area contributed by atoms with Gasteiger partial charge in [0.1, 0.15) is 0 Å². The van der Waals surface area contributed by atoms with Gasteiger partial charge in [-0.3, -0.25) is 4.90 Å². The minimum Gasteiger partial charge on any atom is -0.390 e. The average Bonchev–Trinajstić information content (AvgIpc) is 3.10. The van der Waals surface area contributed by atoms with Crippen molar-refractivity contribution in [1.29, 1.82) is 5.26 Å². The van der Waals surface area contributed by atoms with E-state index >= 15 is 0 Å². The number of nitriles is 1. The van der Waals surface area contributed by atoms with Crippen molar-refractivity contribution in [2.45, 2.75) is 32.0 Å². The maximum absolute atomic E-state index is 11.2. The number of fused-ring (bicyclic) bond motifs is 2. The van der Waals surface area contributed by atoms with Crippen molar-refractivity contribution in [3.05, 3.63) is 95.1 Å². The first kappa shape index (κ1) is 21.5. The molecule has 0 bridgehead atoms. The van der Waals surface area contributed by atoms with E-state index in [1.165, 1.54) is 11.1 Å². The van der Waals surface area contributed by atoms with Crippen LogP contribution in [0.4, 0.5) is 11.4 Å². The topological polar surface area (TPSA) is 74.0 Å². The summed E-state index contributed by atoms with van der Waals surface area (Å²) in [4.78, 5) is 6.10. The summed E-state index contributed by atoms with van der Waals surface area (Å²) in [6.07, 6.45) is -0.459. The first-order chi connectivity index (χ1) is 16.1. The van der Waals surface area contributed by atoms with E-state index in [4.69, 9.17) is 5.26 Å². The van der Waals surface area contributed by atoms with Crippen molar-refractivity contribution in [2.24, 2.45) is 0 Å². The highest BCUT2D eigenvalue weighted by molar-refractivity contribution is 5.77. The molecule has 168 valence electrons. The third kappa shape index (κ3) is 4.44. The molecule has 3 aromatic carbocycles. The van der Waals surface area contributed by atoms with Gasteiger partial charge in [-0.2, -0.15) is 5.26 Å². The highest BCUT2D eigenvalue weighted by Crippen LogP contribution is 2.39. The van der Waals surface area contributed by atoms with Crippen molar-refractivity contribution in [1.82, 2.24) is 4.90 Å². The van der Waals surface area contributed by atoms with Gasteiger partial charge in [-0.1, -0.05) is 48.5 Å². The lowest BCUT2D eigenvalue weighted by Crippen LogP contribution is -2.48. The molecule has 0 saturated carbocycles. The van der Waals surface area contributed by atoms with Crippen LogP contribution in [0.15, 0.2) is 72.8 Å². The molecule has 2 aliphatic rings. The van der Waals surface area contributed by atoms with E-state index < -0.39 is 12.5 Å². The predicted molar refractivity (Wildman–Crippen MR) is 129 cm³/mol. The molecule has 0 fully saturated rings. The average molecular weight is 441 g/mol. The van der Waals surface area contributed by atoms with Gasteiger partial charge in [0.05, 0.1) is 29.1 Å². The Hall–Kier alpha value is -3.37. The van der Waals surface area contributed by atoms with Gasteiger partial charge in [0, 0.05) is 32.7 Å². The van der Waals surface area contributed by atoms with Crippen molar-refractivity contribution in [3.8, 4) is 6.07 Å². The van der Waals surface area contributed by atoms with Crippen molar-refractivity contribution in [2.75, 3.05) is 29.4 Å². The van der Waals surface area contributed by atoms with E-state index in [1.54, 1.807) is 12.1 Å². The van der Waals surface area contributed by atoms with E-state index in [2.05, 4.69) is 35.2 Å². The van der Waals surface area contributed by atoms with Crippen LogP contribution in [0.5, 0.6) is 0 Å². The third-order valence-electron chi connectivity index (χ3n) is 6.58. The zero-order valence-corrected chi connectivity index (χ0v) is 18.5. The molecule has 0 amide bonds. The molecule has 2 N–H and O–H groups in total. The summed E-state index contributed by atoms with van der Waals surface area (Å²) in [6.45, 7) is 3.20. The van der Waals surface area contributed by atoms with Crippen LogP contribution in [-0.4, -0.2) is 47.2 Å². The summed E-state index contributed by atoms with van der Waals surface area (Å²) >= 11 is 0. The van der Waals surface area contributed by atoms with Gasteiger partial charge in [0.15, 0.2) is 0 Å². The van der Waals surface area contributed by atoms with Gasteiger partial charge < -0.3 is 20.0 Å². The number of para-hydroxylation sites is 2. The molecule has 0 spiro atoms. The van der Waals surface area contributed by atoms with Crippen LogP contribution in [0, 0.1) is 11.3 Å². The lowest BCUT2D eigenvalue weighted by Gasteiger charge is -2.33. The molecule has 2 atom stereocenters. The molecule has 0 saturated heterocycles. The van der Waals surface area contributed by atoms with Crippen LogP contribution in [0.2, 0.25) is 0 Å². The smallest absolute Gasteiger partial charge is 0.208 e. The Morgan fingerprint density at radius 2 is 1.55 bits per heavy atom. The summed E-state index contributed by atoms with van der Waals surface area (Å²) in [7, 11) is 0. The highest BCUT2D eigenvalue weighted by atomic mass is 16.3. The maximum Gasteiger partial charge on any atom is 0.208 e. The second kappa shape index (κ2) is 9.24. The Balaban J connectivity index is 1.27. The number of anilines is 2. The fourth-order valence-electron chi connectivity index (χ4n) is 4.90. The zero-order chi connectivity index (χ0) is 22.8. The molecule has 2 heterocycles. The van der Waals surface area contributed by atoms with Gasteiger partial charge in [0.2, 0.25) is 6.35 Å². The van der Waals surface area contributed by atoms with Crippen LogP contribution < -0.4 is 9.80 Å². The second-order valence-corrected chi connectivity index (χ2v) is 8.83. The Morgan fingerprint density at radius 1 is 0.879 bits per heavy atom. The highest BCUT2D eigenvalue weighted by Gasteiger charge is 2.35. The quantitative estimate of drug-likeness (QED) is 0.614. The summed E-state index contributed by atoms with van der Waals surface area (Å²) in [5, 5.41) is 31.2. The van der Waals surface area contributed by atoms with Gasteiger partial charge in [-0.15, -0.1) is 0 Å². The molecule has 3 aromatic rings. The van der Waals surface area contributed by atoms with Gasteiger partial charge >= 0.3 is 0 Å². The number of rotatable bonds is 6. The molecule has 0 aliphatic carbocycles. The first-order valence-corrected chi connectivity index (χ1v) is 11.4. The molecule has 0 aromatic heterocycles. The number of aliphatic hydroxyl groups excluding tert-OH is 2. The monoisotopic (exact) mass is 440 g/mol. The second-order valence-electron chi connectivity index (χ2n) is 8.83. The fourth-order valence-corrected chi connectivity index (χ4v) is 4.90. The first-order valence-electron chi connectivity index (χ1n) is 11.4. The SMILES string of the molecule is N#Cc1ccc(CN2c3ccccc3N(CC(O)CN3CCc4ccccc4C3)C2O)cc1. The Bertz CT molecular complexity index is 1160. The predicted octanol–water partition coefficient (Wildman–Crippen LogP) is 3.08. The summed E-state index contributed by atoms with van der Waals surface area (Å²) in [5.41, 5.74) is 6.21. The lowest BCUT2D eigenvalue weighted by atomic mass is 10.00. The number of nitrogens with zero attached hydrogens (tertiary/aromatic N) is 4. The Morgan fingerprint density at radius 3 is 2.27 bits per heavy atom. The van der Waals surface area contributed by atoms with E-state index in [0.29, 0.717) is 25.2 Å². The number of aliphatic hydroxyl groups is 2. The van der Waals surface area contributed by atoms with E-state index in [-0.39, 0.29) is 0 Å². The van der Waals surface area contributed by atoms with E-state index in [9.17, 15) is 10.2 Å². The molecule has 6 nitrogen and oxygen atoms in total. The van der Waals surface area contributed by atoms with Crippen molar-refractivity contribution >= 4 is 11.4 Å². The normalized spacial score (nSPS) is 18.5. The Labute approximate surface area is 194 Å². The molecule has 0 radical (unpaired) electrons. The number of benzene rings is 3.